The molecular formula is C7H5S. The summed E-state index contributed by atoms with van der Waals surface area (Å²) in [4.78, 5) is 1.34. The van der Waals surface area contributed by atoms with Crippen molar-refractivity contribution in [3.05, 3.63) is 29.8 Å². The van der Waals surface area contributed by atoms with Crippen molar-refractivity contribution in [1.29, 1.82) is 0 Å². The Morgan fingerprint density at radius 2 is 2.62 bits per heavy atom. The van der Waals surface area contributed by atoms with Crippen LogP contribution in [0.5, 0.6) is 0 Å². The van der Waals surface area contributed by atoms with E-state index in [0.717, 1.165) is 0 Å². The summed E-state index contributed by atoms with van der Waals surface area (Å²) in [6, 6.07) is 9.31. The highest BCUT2D eigenvalue weighted by Gasteiger charge is 2.10. The third kappa shape index (κ3) is 0.480. The molecule has 8 heavy (non-hydrogen) atoms. The van der Waals surface area contributed by atoms with Crippen molar-refractivity contribution in [2.45, 2.75) is 10.6 Å². The maximum Gasteiger partial charge on any atom is 0.0243 e. The normalized spacial score (nSPS) is 14.5. The van der Waals surface area contributed by atoms with Crippen LogP contribution >= 0.6 is 11.8 Å². The number of thioether (sulfide) groups is 1. The molecule has 1 aliphatic rings. The van der Waals surface area contributed by atoms with E-state index in [1.54, 1.807) is 0 Å². The summed E-state index contributed by atoms with van der Waals surface area (Å²) in [7, 11) is 0. The van der Waals surface area contributed by atoms with Crippen LogP contribution in [-0.2, 0) is 5.75 Å². The summed E-state index contributed by atoms with van der Waals surface area (Å²) in [6.07, 6.45) is 0. The minimum atomic E-state index is 1.19. The monoisotopic (exact) mass is 121 g/mol. The fourth-order valence-corrected chi connectivity index (χ4v) is 1.54. The number of rotatable bonds is 0. The number of hydrogen-bond acceptors (Lipinski definition) is 1. The van der Waals surface area contributed by atoms with Crippen LogP contribution in [0.25, 0.3) is 0 Å². The fourth-order valence-electron chi connectivity index (χ4n) is 0.774. The van der Waals surface area contributed by atoms with Crippen LogP contribution in [0, 0.1) is 6.07 Å². The quantitative estimate of drug-likeness (QED) is 0.506. The van der Waals surface area contributed by atoms with Crippen LogP contribution < -0.4 is 0 Å². The van der Waals surface area contributed by atoms with E-state index in [9.17, 15) is 0 Å². The van der Waals surface area contributed by atoms with E-state index in [4.69, 9.17) is 0 Å². The van der Waals surface area contributed by atoms with Gasteiger partial charge in [0, 0.05) is 10.6 Å². The van der Waals surface area contributed by atoms with E-state index >= 15 is 0 Å². The zero-order valence-corrected chi connectivity index (χ0v) is 5.16. The van der Waals surface area contributed by atoms with Crippen molar-refractivity contribution >= 4 is 11.8 Å². The maximum absolute atomic E-state index is 3.15. The van der Waals surface area contributed by atoms with Crippen LogP contribution in [0.2, 0.25) is 0 Å². The second kappa shape index (κ2) is 1.52. The Bertz CT molecular complexity index is 182. The third-order valence-electron chi connectivity index (χ3n) is 1.27. The Kier molecular flexibility index (Phi) is 0.847. The molecule has 0 unspecified atom stereocenters. The smallest absolute Gasteiger partial charge is 0.0243 e. The van der Waals surface area contributed by atoms with Gasteiger partial charge in [0.15, 0.2) is 0 Å². The van der Waals surface area contributed by atoms with E-state index in [-0.39, 0.29) is 0 Å². The Morgan fingerprint density at radius 1 is 1.62 bits per heavy atom. The molecule has 1 aromatic rings. The zero-order chi connectivity index (χ0) is 5.40. The molecule has 0 saturated carbocycles. The third-order valence-corrected chi connectivity index (χ3v) is 2.40. The van der Waals surface area contributed by atoms with E-state index in [2.05, 4.69) is 12.1 Å². The molecule has 0 spiro atoms. The topological polar surface area (TPSA) is 0 Å². The Labute approximate surface area is 52.9 Å². The van der Waals surface area contributed by atoms with Crippen LogP contribution in [-0.4, -0.2) is 0 Å². The summed E-state index contributed by atoms with van der Waals surface area (Å²) in [5.74, 6) is 1.19. The van der Waals surface area contributed by atoms with Gasteiger partial charge < -0.3 is 0 Å². The van der Waals surface area contributed by atoms with Crippen molar-refractivity contribution in [1.82, 2.24) is 0 Å². The molecule has 0 atom stereocenters. The molecule has 1 aromatic carbocycles. The van der Waals surface area contributed by atoms with Gasteiger partial charge >= 0.3 is 0 Å². The maximum atomic E-state index is 3.15. The van der Waals surface area contributed by atoms with E-state index in [1.165, 1.54) is 16.2 Å². The van der Waals surface area contributed by atoms with Crippen molar-refractivity contribution in [3.8, 4) is 0 Å². The average Bonchev–Trinajstić information content (AvgIpc) is 1.72. The average molecular weight is 121 g/mol. The zero-order valence-electron chi connectivity index (χ0n) is 4.35. The molecule has 1 aliphatic heterocycles. The SMILES string of the molecule is [c]1cccc2c1SC2. The minimum absolute atomic E-state index is 1.19. The highest BCUT2D eigenvalue weighted by molar-refractivity contribution is 7.99. The molecule has 1 heteroatoms. The van der Waals surface area contributed by atoms with Gasteiger partial charge in [-0.05, 0) is 11.6 Å². The second-order valence-corrected chi connectivity index (χ2v) is 2.80. The Hall–Kier alpha value is -0.430. The standard InChI is InChI=1S/C7H5S/c1-2-4-7-6(3-1)5-8-7/h1-3H,5H2. The summed E-state index contributed by atoms with van der Waals surface area (Å²) < 4.78 is 0. The molecule has 2 rings (SSSR count). The molecule has 1 radical (unpaired) electrons. The molecule has 1 heterocycles. The van der Waals surface area contributed by atoms with E-state index < -0.39 is 0 Å². The van der Waals surface area contributed by atoms with E-state index in [0.29, 0.717) is 0 Å². The summed E-state index contributed by atoms with van der Waals surface area (Å²) in [5.41, 5.74) is 1.46. The lowest BCUT2D eigenvalue weighted by atomic mass is 10.2. The molecule has 0 N–H and O–H groups in total. The van der Waals surface area contributed by atoms with Crippen LogP contribution in [0.1, 0.15) is 5.56 Å². The van der Waals surface area contributed by atoms with Crippen LogP contribution in [0.3, 0.4) is 0 Å². The molecule has 0 fully saturated rings. The summed E-state index contributed by atoms with van der Waals surface area (Å²) in [5, 5.41) is 0. The lowest BCUT2D eigenvalue weighted by molar-refractivity contribution is 1.19. The first-order valence-electron chi connectivity index (χ1n) is 2.59. The van der Waals surface area contributed by atoms with Crippen molar-refractivity contribution in [3.63, 3.8) is 0 Å². The van der Waals surface area contributed by atoms with Crippen molar-refractivity contribution in [2.24, 2.45) is 0 Å². The number of hydrogen-bond donors (Lipinski definition) is 0. The molecule has 0 nitrogen and oxygen atoms in total. The molecule has 0 aromatic heterocycles. The molecule has 0 bridgehead atoms. The Balaban J connectivity index is 2.62. The molecule has 0 aliphatic carbocycles. The van der Waals surface area contributed by atoms with E-state index in [1.807, 2.05) is 23.9 Å². The fraction of sp³-hybridized carbons (Fsp3) is 0.143. The molecule has 0 amide bonds. The van der Waals surface area contributed by atoms with Gasteiger partial charge in [-0.3, -0.25) is 0 Å². The lowest BCUT2D eigenvalue weighted by Gasteiger charge is -2.15. The highest BCUT2D eigenvalue weighted by Crippen LogP contribution is 2.36. The van der Waals surface area contributed by atoms with Gasteiger partial charge in [0.1, 0.15) is 0 Å². The predicted octanol–water partition coefficient (Wildman–Crippen LogP) is 2.09. The van der Waals surface area contributed by atoms with Gasteiger partial charge in [0.25, 0.3) is 0 Å². The van der Waals surface area contributed by atoms with Gasteiger partial charge in [0.2, 0.25) is 0 Å². The first-order chi connectivity index (χ1) is 3.97. The first-order valence-corrected chi connectivity index (χ1v) is 3.58. The minimum Gasteiger partial charge on any atom is -0.120 e. The number of benzene rings is 1. The highest BCUT2D eigenvalue weighted by atomic mass is 32.2. The van der Waals surface area contributed by atoms with Gasteiger partial charge in [-0.1, -0.05) is 18.2 Å². The van der Waals surface area contributed by atoms with Gasteiger partial charge in [-0.2, -0.15) is 0 Å². The lowest BCUT2D eigenvalue weighted by Crippen LogP contribution is -1.93. The number of fused-ring (bicyclic) bond motifs is 1. The van der Waals surface area contributed by atoms with Gasteiger partial charge in [0.05, 0.1) is 0 Å². The second-order valence-electron chi connectivity index (χ2n) is 1.81. The predicted molar refractivity (Wildman–Crippen MR) is 34.8 cm³/mol. The summed E-state index contributed by atoms with van der Waals surface area (Å²) >= 11 is 1.88. The van der Waals surface area contributed by atoms with Crippen molar-refractivity contribution < 1.29 is 0 Å². The van der Waals surface area contributed by atoms with Gasteiger partial charge in [-0.15, -0.1) is 11.8 Å². The largest absolute Gasteiger partial charge is 0.120 e. The molecule has 0 saturated heterocycles. The first kappa shape index (κ1) is 4.45. The molecular weight excluding hydrogens is 116 g/mol. The van der Waals surface area contributed by atoms with Crippen LogP contribution in [0.15, 0.2) is 23.1 Å². The van der Waals surface area contributed by atoms with Crippen molar-refractivity contribution in [2.75, 3.05) is 0 Å². The van der Waals surface area contributed by atoms with Crippen LogP contribution in [0.4, 0.5) is 0 Å². The molecule has 39 valence electrons. The Morgan fingerprint density at radius 3 is 3.00 bits per heavy atom. The van der Waals surface area contributed by atoms with Gasteiger partial charge in [-0.25, -0.2) is 0 Å². The summed E-state index contributed by atoms with van der Waals surface area (Å²) in [6.45, 7) is 0.